The number of rotatable bonds is 5. The molecule has 0 bridgehead atoms. The van der Waals surface area contributed by atoms with Crippen molar-refractivity contribution in [2.75, 3.05) is 11.4 Å². The molecule has 2 amide bonds. The van der Waals surface area contributed by atoms with Crippen LogP contribution in [0.1, 0.15) is 23.6 Å². The summed E-state index contributed by atoms with van der Waals surface area (Å²) in [5.41, 5.74) is 4.26. The van der Waals surface area contributed by atoms with Crippen molar-refractivity contribution in [1.82, 2.24) is 5.32 Å². The molecule has 3 aromatic carbocycles. The molecule has 1 aliphatic rings. The third-order valence-corrected chi connectivity index (χ3v) is 5.08. The lowest BCUT2D eigenvalue weighted by molar-refractivity contribution is -0.124. The average Bonchev–Trinajstić information content (AvgIpc) is 2.89. The maximum Gasteiger partial charge on any atom is 0.252 e. The number of para-hydroxylation sites is 1. The van der Waals surface area contributed by atoms with Crippen LogP contribution in [0, 0.1) is 0 Å². The van der Waals surface area contributed by atoms with E-state index in [1.807, 2.05) is 84.9 Å². The number of nitrogens with one attached hydrogen (secondary N) is 1. The Bertz CT molecular complexity index is 1080. The number of nitrogens with zero attached hydrogens (tertiary/aromatic N) is 2. The van der Waals surface area contributed by atoms with Crippen molar-refractivity contribution in [3.05, 3.63) is 102 Å². The van der Waals surface area contributed by atoms with Crippen LogP contribution in [0.25, 0.3) is 0 Å². The van der Waals surface area contributed by atoms with Gasteiger partial charge in [-0.1, -0.05) is 78.9 Å². The molecule has 1 N–H and O–H groups in total. The van der Waals surface area contributed by atoms with Gasteiger partial charge in [0, 0.05) is 17.7 Å². The Balaban J connectivity index is 1.62. The second kappa shape index (κ2) is 8.74. The SMILES string of the molecule is C[C@H]1N=C(c2ccccc2)c2ccccc2N(CC(=O)NCc2ccccc2)C1=O. The Hall–Kier alpha value is -3.73. The van der Waals surface area contributed by atoms with Crippen LogP contribution >= 0.6 is 0 Å². The first-order valence-corrected chi connectivity index (χ1v) is 9.98. The van der Waals surface area contributed by atoms with Crippen molar-refractivity contribution in [3.63, 3.8) is 0 Å². The van der Waals surface area contributed by atoms with Gasteiger partial charge in [-0.2, -0.15) is 0 Å². The van der Waals surface area contributed by atoms with E-state index in [1.165, 1.54) is 0 Å². The van der Waals surface area contributed by atoms with Gasteiger partial charge in [0.1, 0.15) is 12.6 Å². The second-order valence-electron chi connectivity index (χ2n) is 7.22. The number of carbonyl (C=O) groups excluding carboxylic acids is 2. The summed E-state index contributed by atoms with van der Waals surface area (Å²) in [6.45, 7) is 2.14. The van der Waals surface area contributed by atoms with Gasteiger partial charge in [-0.05, 0) is 18.6 Å². The van der Waals surface area contributed by atoms with Crippen LogP contribution in [0.15, 0.2) is 89.9 Å². The zero-order chi connectivity index (χ0) is 20.9. The van der Waals surface area contributed by atoms with Crippen LogP contribution < -0.4 is 10.2 Å². The third-order valence-electron chi connectivity index (χ3n) is 5.08. The molecular weight excluding hydrogens is 374 g/mol. The molecule has 0 aromatic heterocycles. The summed E-state index contributed by atoms with van der Waals surface area (Å²) in [5.74, 6) is -0.402. The van der Waals surface area contributed by atoms with Crippen molar-refractivity contribution in [3.8, 4) is 0 Å². The highest BCUT2D eigenvalue weighted by molar-refractivity contribution is 6.20. The molecule has 30 heavy (non-hydrogen) atoms. The maximum absolute atomic E-state index is 13.1. The molecule has 0 fully saturated rings. The molecule has 3 aromatic rings. The Morgan fingerprint density at radius 2 is 1.57 bits per heavy atom. The van der Waals surface area contributed by atoms with Crippen LogP contribution in [0.2, 0.25) is 0 Å². The second-order valence-corrected chi connectivity index (χ2v) is 7.22. The number of anilines is 1. The van der Waals surface area contributed by atoms with Gasteiger partial charge in [0.2, 0.25) is 5.91 Å². The van der Waals surface area contributed by atoms with Crippen molar-refractivity contribution in [1.29, 1.82) is 0 Å². The Labute approximate surface area is 176 Å². The Morgan fingerprint density at radius 1 is 0.933 bits per heavy atom. The van der Waals surface area contributed by atoms with E-state index >= 15 is 0 Å². The monoisotopic (exact) mass is 397 g/mol. The van der Waals surface area contributed by atoms with Gasteiger partial charge in [-0.25, -0.2) is 0 Å². The zero-order valence-corrected chi connectivity index (χ0v) is 16.8. The van der Waals surface area contributed by atoms with E-state index in [0.717, 1.165) is 22.4 Å². The summed E-state index contributed by atoms with van der Waals surface area (Å²) in [5, 5.41) is 2.91. The van der Waals surface area contributed by atoms with Gasteiger partial charge in [0.05, 0.1) is 11.4 Å². The number of carbonyl (C=O) groups is 2. The normalized spacial score (nSPS) is 15.8. The summed E-state index contributed by atoms with van der Waals surface area (Å²) in [6, 6.07) is 26.5. The smallest absolute Gasteiger partial charge is 0.252 e. The molecule has 0 radical (unpaired) electrons. The molecule has 0 spiro atoms. The van der Waals surface area contributed by atoms with Crippen molar-refractivity contribution < 1.29 is 9.59 Å². The lowest BCUT2D eigenvalue weighted by atomic mass is 10.0. The van der Waals surface area contributed by atoms with E-state index in [4.69, 9.17) is 4.99 Å². The molecule has 0 aliphatic carbocycles. The first-order chi connectivity index (χ1) is 14.6. The molecule has 1 aliphatic heterocycles. The minimum atomic E-state index is -0.588. The van der Waals surface area contributed by atoms with Crippen LogP contribution in [-0.4, -0.2) is 30.1 Å². The molecule has 1 heterocycles. The van der Waals surface area contributed by atoms with Crippen LogP contribution in [0.4, 0.5) is 5.69 Å². The lowest BCUT2D eigenvalue weighted by Gasteiger charge is -2.24. The highest BCUT2D eigenvalue weighted by atomic mass is 16.2. The predicted octanol–water partition coefficient (Wildman–Crippen LogP) is 3.58. The third kappa shape index (κ3) is 4.15. The fourth-order valence-electron chi connectivity index (χ4n) is 3.56. The zero-order valence-electron chi connectivity index (χ0n) is 16.8. The summed E-state index contributed by atoms with van der Waals surface area (Å²) in [6.07, 6.45) is 0. The maximum atomic E-state index is 13.1. The van der Waals surface area contributed by atoms with E-state index in [0.29, 0.717) is 12.2 Å². The van der Waals surface area contributed by atoms with E-state index in [-0.39, 0.29) is 18.4 Å². The molecule has 5 heteroatoms. The van der Waals surface area contributed by atoms with E-state index < -0.39 is 6.04 Å². The minimum Gasteiger partial charge on any atom is -0.350 e. The highest BCUT2D eigenvalue weighted by Crippen LogP contribution is 2.28. The summed E-state index contributed by atoms with van der Waals surface area (Å²) >= 11 is 0. The first-order valence-electron chi connectivity index (χ1n) is 9.98. The standard InChI is InChI=1S/C25H23N3O2/c1-18-25(30)28(17-23(29)26-16-19-10-4-2-5-11-19)22-15-9-8-14-21(22)24(27-18)20-12-6-3-7-13-20/h2-15,18H,16-17H2,1H3,(H,26,29)/t18-/m1/s1. The summed E-state index contributed by atoms with van der Waals surface area (Å²) < 4.78 is 0. The van der Waals surface area contributed by atoms with Gasteiger partial charge in [0.25, 0.3) is 5.91 Å². The van der Waals surface area contributed by atoms with E-state index in [2.05, 4.69) is 5.32 Å². The topological polar surface area (TPSA) is 61.8 Å². The van der Waals surface area contributed by atoms with Gasteiger partial charge in [-0.3, -0.25) is 14.6 Å². The van der Waals surface area contributed by atoms with Gasteiger partial charge in [-0.15, -0.1) is 0 Å². The summed E-state index contributed by atoms with van der Waals surface area (Å²) in [4.78, 5) is 32.1. The number of hydrogen-bond donors (Lipinski definition) is 1. The fraction of sp³-hybridized carbons (Fsp3) is 0.160. The molecule has 0 saturated carbocycles. The molecule has 150 valence electrons. The number of aliphatic imine (C=N–C) groups is 1. The largest absolute Gasteiger partial charge is 0.350 e. The predicted molar refractivity (Wildman–Crippen MR) is 119 cm³/mol. The number of hydrogen-bond acceptors (Lipinski definition) is 3. The number of fused-ring (bicyclic) bond motifs is 1. The van der Waals surface area contributed by atoms with Crippen LogP contribution in [0.5, 0.6) is 0 Å². The van der Waals surface area contributed by atoms with Gasteiger partial charge < -0.3 is 10.2 Å². The molecule has 5 nitrogen and oxygen atoms in total. The van der Waals surface area contributed by atoms with Crippen molar-refractivity contribution in [2.24, 2.45) is 4.99 Å². The quantitative estimate of drug-likeness (QED) is 0.715. The number of benzodiazepines with no additional fused rings is 1. The van der Waals surface area contributed by atoms with E-state index in [9.17, 15) is 9.59 Å². The van der Waals surface area contributed by atoms with Gasteiger partial charge >= 0.3 is 0 Å². The van der Waals surface area contributed by atoms with Crippen LogP contribution in [0.3, 0.4) is 0 Å². The van der Waals surface area contributed by atoms with Crippen LogP contribution in [-0.2, 0) is 16.1 Å². The summed E-state index contributed by atoms with van der Waals surface area (Å²) in [7, 11) is 0. The number of benzene rings is 3. The number of amides is 2. The molecule has 1 atom stereocenters. The van der Waals surface area contributed by atoms with Crippen molar-refractivity contribution >= 4 is 23.2 Å². The Kier molecular flexibility index (Phi) is 5.70. The minimum absolute atomic E-state index is 0.0510. The van der Waals surface area contributed by atoms with Crippen molar-refractivity contribution in [2.45, 2.75) is 19.5 Å². The molecule has 0 saturated heterocycles. The molecular formula is C25H23N3O2. The highest BCUT2D eigenvalue weighted by Gasteiger charge is 2.30. The fourth-order valence-corrected chi connectivity index (χ4v) is 3.56. The van der Waals surface area contributed by atoms with Gasteiger partial charge in [0.15, 0.2) is 0 Å². The molecule has 4 rings (SSSR count). The first kappa shape index (κ1) is 19.6. The molecule has 0 unspecified atom stereocenters. The van der Waals surface area contributed by atoms with E-state index in [1.54, 1.807) is 11.8 Å². The Morgan fingerprint density at radius 3 is 2.30 bits per heavy atom. The average molecular weight is 397 g/mol. The lowest BCUT2D eigenvalue weighted by Crippen LogP contribution is -2.43.